The van der Waals surface area contributed by atoms with Crippen LogP contribution in [-0.4, -0.2) is 5.78 Å². The first kappa shape index (κ1) is 13.6. The zero-order chi connectivity index (χ0) is 13.1. The predicted molar refractivity (Wildman–Crippen MR) is 78.6 cm³/mol. The van der Waals surface area contributed by atoms with Crippen molar-refractivity contribution in [3.8, 4) is 0 Å². The van der Waals surface area contributed by atoms with Crippen molar-refractivity contribution in [2.75, 3.05) is 0 Å². The molecule has 0 aromatic heterocycles. The SMILES string of the molecule is O=C(Cc1ccc(Cl)cc1)c1ccc(Cl)c(Br)c1. The monoisotopic (exact) mass is 342 g/mol. The lowest BCUT2D eigenvalue weighted by molar-refractivity contribution is 0.0993. The van der Waals surface area contributed by atoms with Crippen molar-refractivity contribution >= 4 is 44.9 Å². The molecule has 0 heterocycles. The van der Waals surface area contributed by atoms with Crippen LogP contribution in [0.25, 0.3) is 0 Å². The molecule has 0 aliphatic rings. The van der Waals surface area contributed by atoms with Crippen molar-refractivity contribution in [3.05, 3.63) is 68.1 Å². The third kappa shape index (κ3) is 3.35. The van der Waals surface area contributed by atoms with Crippen LogP contribution >= 0.6 is 39.1 Å². The third-order valence-electron chi connectivity index (χ3n) is 2.52. The summed E-state index contributed by atoms with van der Waals surface area (Å²) in [6, 6.07) is 12.4. The minimum Gasteiger partial charge on any atom is -0.294 e. The van der Waals surface area contributed by atoms with Crippen LogP contribution in [-0.2, 0) is 6.42 Å². The van der Waals surface area contributed by atoms with Crippen LogP contribution in [0.1, 0.15) is 15.9 Å². The first-order valence-electron chi connectivity index (χ1n) is 5.29. The summed E-state index contributed by atoms with van der Waals surface area (Å²) in [6.07, 6.45) is 0.352. The predicted octanol–water partition coefficient (Wildman–Crippen LogP) is 5.18. The summed E-state index contributed by atoms with van der Waals surface area (Å²) in [4.78, 5) is 12.1. The fraction of sp³-hybridized carbons (Fsp3) is 0.0714. The summed E-state index contributed by atoms with van der Waals surface area (Å²) in [7, 11) is 0. The number of benzene rings is 2. The van der Waals surface area contributed by atoms with Crippen LogP contribution < -0.4 is 0 Å². The van der Waals surface area contributed by atoms with Crippen LogP contribution in [0.5, 0.6) is 0 Å². The zero-order valence-electron chi connectivity index (χ0n) is 9.29. The summed E-state index contributed by atoms with van der Waals surface area (Å²) in [5, 5.41) is 1.26. The smallest absolute Gasteiger partial charge is 0.167 e. The van der Waals surface area contributed by atoms with Crippen molar-refractivity contribution < 1.29 is 4.79 Å². The van der Waals surface area contributed by atoms with Crippen molar-refractivity contribution in [2.24, 2.45) is 0 Å². The highest BCUT2D eigenvalue weighted by atomic mass is 79.9. The molecule has 0 aliphatic carbocycles. The second kappa shape index (κ2) is 5.87. The maximum Gasteiger partial charge on any atom is 0.167 e. The maximum absolute atomic E-state index is 12.1. The zero-order valence-corrected chi connectivity index (χ0v) is 12.4. The van der Waals surface area contributed by atoms with Crippen molar-refractivity contribution in [1.82, 2.24) is 0 Å². The minimum atomic E-state index is 0.0506. The summed E-state index contributed by atoms with van der Waals surface area (Å²) < 4.78 is 0.728. The Morgan fingerprint density at radius 2 is 1.72 bits per heavy atom. The van der Waals surface area contributed by atoms with E-state index in [4.69, 9.17) is 23.2 Å². The molecular weight excluding hydrogens is 335 g/mol. The molecule has 92 valence electrons. The molecule has 0 saturated heterocycles. The Hall–Kier alpha value is -0.830. The van der Waals surface area contributed by atoms with E-state index in [0.717, 1.165) is 10.0 Å². The summed E-state index contributed by atoms with van der Waals surface area (Å²) >= 11 is 15.0. The van der Waals surface area contributed by atoms with Gasteiger partial charge in [0.15, 0.2) is 5.78 Å². The molecule has 0 N–H and O–H groups in total. The minimum absolute atomic E-state index is 0.0506. The number of ketones is 1. The molecule has 2 rings (SSSR count). The summed E-state index contributed by atoms with van der Waals surface area (Å²) in [5.74, 6) is 0.0506. The van der Waals surface area contributed by atoms with Crippen LogP contribution in [0.4, 0.5) is 0 Å². The van der Waals surface area contributed by atoms with Crippen molar-refractivity contribution in [2.45, 2.75) is 6.42 Å². The lowest BCUT2D eigenvalue weighted by Gasteiger charge is -2.03. The number of rotatable bonds is 3. The number of hydrogen-bond acceptors (Lipinski definition) is 1. The topological polar surface area (TPSA) is 17.1 Å². The molecule has 0 amide bonds. The molecule has 0 radical (unpaired) electrons. The fourth-order valence-electron chi connectivity index (χ4n) is 1.56. The Morgan fingerprint density at radius 3 is 2.33 bits per heavy atom. The number of Topliss-reactive ketones (excluding diaryl/α,β-unsaturated/α-hetero) is 1. The second-order valence-corrected chi connectivity index (χ2v) is 5.55. The third-order valence-corrected chi connectivity index (χ3v) is 3.99. The number of carbonyl (C=O) groups excluding carboxylic acids is 1. The Labute approximate surface area is 124 Å². The van der Waals surface area contributed by atoms with Gasteiger partial charge in [-0.1, -0.05) is 35.3 Å². The van der Waals surface area contributed by atoms with Gasteiger partial charge < -0.3 is 0 Å². The van der Waals surface area contributed by atoms with E-state index in [-0.39, 0.29) is 5.78 Å². The Bertz CT molecular complexity index is 579. The Kier molecular flexibility index (Phi) is 4.44. The lowest BCUT2D eigenvalue weighted by atomic mass is 10.0. The molecule has 4 heteroatoms. The quantitative estimate of drug-likeness (QED) is 0.701. The highest BCUT2D eigenvalue weighted by Gasteiger charge is 2.09. The largest absolute Gasteiger partial charge is 0.294 e. The number of halogens is 3. The molecular formula is C14H9BrCl2O. The van der Waals surface area contributed by atoms with Gasteiger partial charge in [-0.2, -0.15) is 0 Å². The van der Waals surface area contributed by atoms with E-state index < -0.39 is 0 Å². The van der Waals surface area contributed by atoms with E-state index in [0.29, 0.717) is 22.0 Å². The maximum atomic E-state index is 12.1. The average Bonchev–Trinajstić information content (AvgIpc) is 2.35. The van der Waals surface area contributed by atoms with Gasteiger partial charge in [0.1, 0.15) is 0 Å². The van der Waals surface area contributed by atoms with Crippen LogP contribution in [0, 0.1) is 0 Å². The molecule has 2 aromatic rings. The lowest BCUT2D eigenvalue weighted by Crippen LogP contribution is -2.03. The molecule has 0 spiro atoms. The van der Waals surface area contributed by atoms with Gasteiger partial charge in [0.05, 0.1) is 5.02 Å². The molecule has 0 unspecified atom stereocenters. The fourth-order valence-corrected chi connectivity index (χ4v) is 2.18. The molecule has 0 aliphatic heterocycles. The van der Waals surface area contributed by atoms with Gasteiger partial charge in [-0.05, 0) is 51.8 Å². The second-order valence-electron chi connectivity index (χ2n) is 3.86. The van der Waals surface area contributed by atoms with Crippen LogP contribution in [0.3, 0.4) is 0 Å². The normalized spacial score (nSPS) is 10.4. The van der Waals surface area contributed by atoms with E-state index >= 15 is 0 Å². The van der Waals surface area contributed by atoms with Gasteiger partial charge in [-0.3, -0.25) is 4.79 Å². The van der Waals surface area contributed by atoms with E-state index in [1.807, 2.05) is 12.1 Å². The molecule has 0 bridgehead atoms. The molecule has 0 atom stereocenters. The molecule has 0 fully saturated rings. The Morgan fingerprint density at radius 1 is 1.06 bits per heavy atom. The standard InChI is InChI=1S/C14H9BrCl2O/c15-12-8-10(3-6-13(12)17)14(18)7-9-1-4-11(16)5-2-9/h1-6,8H,7H2. The van der Waals surface area contributed by atoms with Crippen LogP contribution in [0.2, 0.25) is 10.0 Å². The van der Waals surface area contributed by atoms with Gasteiger partial charge in [-0.25, -0.2) is 0 Å². The van der Waals surface area contributed by atoms with E-state index in [9.17, 15) is 4.79 Å². The number of hydrogen-bond donors (Lipinski definition) is 0. The van der Waals surface area contributed by atoms with Crippen molar-refractivity contribution in [1.29, 1.82) is 0 Å². The van der Waals surface area contributed by atoms with E-state index in [1.54, 1.807) is 30.3 Å². The van der Waals surface area contributed by atoms with E-state index in [1.165, 1.54) is 0 Å². The Balaban J connectivity index is 2.16. The summed E-state index contributed by atoms with van der Waals surface area (Å²) in [6.45, 7) is 0. The number of carbonyl (C=O) groups is 1. The average molecular weight is 344 g/mol. The van der Waals surface area contributed by atoms with E-state index in [2.05, 4.69) is 15.9 Å². The molecule has 18 heavy (non-hydrogen) atoms. The van der Waals surface area contributed by atoms with Crippen molar-refractivity contribution in [3.63, 3.8) is 0 Å². The first-order valence-corrected chi connectivity index (χ1v) is 6.84. The van der Waals surface area contributed by atoms with Gasteiger partial charge in [0.25, 0.3) is 0 Å². The van der Waals surface area contributed by atoms with Crippen LogP contribution in [0.15, 0.2) is 46.9 Å². The highest BCUT2D eigenvalue weighted by molar-refractivity contribution is 9.10. The van der Waals surface area contributed by atoms with Gasteiger partial charge in [0, 0.05) is 21.5 Å². The summed E-state index contributed by atoms with van der Waals surface area (Å²) in [5.41, 5.74) is 1.58. The highest BCUT2D eigenvalue weighted by Crippen LogP contribution is 2.24. The molecule has 0 saturated carbocycles. The molecule has 2 aromatic carbocycles. The van der Waals surface area contributed by atoms with Gasteiger partial charge in [0.2, 0.25) is 0 Å². The molecule has 1 nitrogen and oxygen atoms in total. The first-order chi connectivity index (χ1) is 8.56. The van der Waals surface area contributed by atoms with Gasteiger partial charge in [-0.15, -0.1) is 0 Å². The van der Waals surface area contributed by atoms with Gasteiger partial charge >= 0.3 is 0 Å².